The van der Waals surface area contributed by atoms with E-state index in [1.165, 1.54) is 35.2 Å². The van der Waals surface area contributed by atoms with Crippen LogP contribution in [0.1, 0.15) is 48.8 Å². The van der Waals surface area contributed by atoms with Crippen LogP contribution in [0.4, 0.5) is 8.78 Å². The van der Waals surface area contributed by atoms with Crippen LogP contribution in [0.5, 0.6) is 0 Å². The Hall–Kier alpha value is -3.05. The number of aromatic nitrogens is 2. The minimum Gasteiger partial charge on any atom is -0.303 e. The number of halogens is 2. The maximum absolute atomic E-state index is 13.5. The average Bonchev–Trinajstić information content (AvgIpc) is 3.28. The molecule has 0 unspecified atom stereocenters. The van der Waals surface area contributed by atoms with Crippen LogP contribution in [0, 0.1) is 11.6 Å². The van der Waals surface area contributed by atoms with Gasteiger partial charge in [0.15, 0.2) is 0 Å². The van der Waals surface area contributed by atoms with Crippen molar-refractivity contribution in [2.24, 2.45) is 0 Å². The van der Waals surface area contributed by atoms with Crippen LogP contribution in [-0.4, -0.2) is 34.3 Å². The molecule has 0 atom stereocenters. The third-order valence-corrected chi connectivity index (χ3v) is 6.92. The first-order valence-electron chi connectivity index (χ1n) is 11.8. The predicted molar refractivity (Wildman–Crippen MR) is 128 cm³/mol. The van der Waals surface area contributed by atoms with Crippen LogP contribution in [0.25, 0.3) is 10.9 Å². The quantitative estimate of drug-likeness (QED) is 0.321. The SMILES string of the molecule is Fc1ccc(C(CCCN2CCC(n3ncc4ccccc43)CC2)c2ccc(F)cc2)cc1. The topological polar surface area (TPSA) is 21.1 Å². The van der Waals surface area contributed by atoms with Crippen LogP contribution < -0.4 is 0 Å². The number of piperidine rings is 1. The molecule has 2 heterocycles. The molecule has 1 aliphatic rings. The fourth-order valence-electron chi connectivity index (χ4n) is 5.11. The summed E-state index contributed by atoms with van der Waals surface area (Å²) in [7, 11) is 0. The molecule has 0 N–H and O–H groups in total. The summed E-state index contributed by atoms with van der Waals surface area (Å²) in [4.78, 5) is 2.54. The van der Waals surface area contributed by atoms with E-state index >= 15 is 0 Å². The highest BCUT2D eigenvalue weighted by atomic mass is 19.1. The molecule has 5 rings (SSSR count). The van der Waals surface area contributed by atoms with Gasteiger partial charge in [0.2, 0.25) is 0 Å². The van der Waals surface area contributed by atoms with Gasteiger partial charge in [-0.2, -0.15) is 5.10 Å². The van der Waals surface area contributed by atoms with E-state index in [4.69, 9.17) is 0 Å². The molecule has 0 radical (unpaired) electrons. The number of hydrogen-bond donors (Lipinski definition) is 0. The lowest BCUT2D eigenvalue weighted by Crippen LogP contribution is -2.35. The van der Waals surface area contributed by atoms with Crippen molar-refractivity contribution in [3.8, 4) is 0 Å². The van der Waals surface area contributed by atoms with Gasteiger partial charge in [0.1, 0.15) is 11.6 Å². The minimum absolute atomic E-state index is 0.138. The van der Waals surface area contributed by atoms with E-state index in [0.29, 0.717) is 6.04 Å². The molecule has 0 bridgehead atoms. The van der Waals surface area contributed by atoms with Crippen molar-refractivity contribution < 1.29 is 8.78 Å². The molecule has 0 spiro atoms. The molecule has 1 aliphatic heterocycles. The van der Waals surface area contributed by atoms with E-state index in [2.05, 4.69) is 38.9 Å². The van der Waals surface area contributed by atoms with Crippen LogP contribution >= 0.6 is 0 Å². The maximum Gasteiger partial charge on any atom is 0.123 e. The zero-order valence-corrected chi connectivity index (χ0v) is 18.7. The first-order valence-corrected chi connectivity index (χ1v) is 11.8. The summed E-state index contributed by atoms with van der Waals surface area (Å²) in [6.45, 7) is 3.17. The smallest absolute Gasteiger partial charge is 0.123 e. The molecule has 5 heteroatoms. The Labute approximate surface area is 193 Å². The number of fused-ring (bicyclic) bond motifs is 1. The molecule has 1 fully saturated rings. The number of rotatable bonds is 7. The largest absolute Gasteiger partial charge is 0.303 e. The minimum atomic E-state index is -0.232. The zero-order chi connectivity index (χ0) is 22.6. The molecule has 3 aromatic carbocycles. The van der Waals surface area contributed by atoms with Crippen molar-refractivity contribution in [3.05, 3.63) is 102 Å². The molecular formula is C28H29F2N3. The number of nitrogens with zero attached hydrogens (tertiary/aromatic N) is 3. The molecule has 4 aromatic rings. The summed E-state index contributed by atoms with van der Waals surface area (Å²) in [6.07, 6.45) is 6.15. The highest BCUT2D eigenvalue weighted by Crippen LogP contribution is 2.31. The number of para-hydroxylation sites is 1. The molecule has 0 aliphatic carbocycles. The second-order valence-electron chi connectivity index (χ2n) is 9.02. The van der Waals surface area contributed by atoms with E-state index in [1.54, 1.807) is 0 Å². The summed E-state index contributed by atoms with van der Waals surface area (Å²) >= 11 is 0. The Morgan fingerprint density at radius 1 is 0.818 bits per heavy atom. The molecule has 1 aromatic heterocycles. The van der Waals surface area contributed by atoms with Gasteiger partial charge >= 0.3 is 0 Å². The normalized spacial score (nSPS) is 15.5. The molecule has 33 heavy (non-hydrogen) atoms. The van der Waals surface area contributed by atoms with Gasteiger partial charge in [0.05, 0.1) is 17.8 Å². The van der Waals surface area contributed by atoms with Gasteiger partial charge in [0.25, 0.3) is 0 Å². The third kappa shape index (κ3) is 4.98. The van der Waals surface area contributed by atoms with Crippen LogP contribution in [0.15, 0.2) is 79.0 Å². The van der Waals surface area contributed by atoms with Crippen molar-refractivity contribution in [2.75, 3.05) is 19.6 Å². The molecule has 0 amide bonds. The highest BCUT2D eigenvalue weighted by molar-refractivity contribution is 5.78. The summed E-state index contributed by atoms with van der Waals surface area (Å²) in [5.41, 5.74) is 3.37. The Bertz CT molecular complexity index is 1130. The van der Waals surface area contributed by atoms with E-state index in [9.17, 15) is 8.78 Å². The van der Waals surface area contributed by atoms with Gasteiger partial charge < -0.3 is 4.90 Å². The van der Waals surface area contributed by atoms with Gasteiger partial charge in [-0.25, -0.2) is 8.78 Å². The highest BCUT2D eigenvalue weighted by Gasteiger charge is 2.22. The fourth-order valence-corrected chi connectivity index (χ4v) is 5.11. The lowest BCUT2D eigenvalue weighted by Gasteiger charge is -2.32. The Balaban J connectivity index is 1.19. The second-order valence-corrected chi connectivity index (χ2v) is 9.02. The van der Waals surface area contributed by atoms with E-state index in [0.717, 1.165) is 56.4 Å². The van der Waals surface area contributed by atoms with Crippen molar-refractivity contribution in [1.82, 2.24) is 14.7 Å². The number of likely N-dealkylation sites (tertiary alicyclic amines) is 1. The van der Waals surface area contributed by atoms with Gasteiger partial charge in [-0.15, -0.1) is 0 Å². The van der Waals surface area contributed by atoms with Crippen molar-refractivity contribution in [3.63, 3.8) is 0 Å². The summed E-state index contributed by atoms with van der Waals surface area (Å²) < 4.78 is 29.1. The maximum atomic E-state index is 13.5. The van der Waals surface area contributed by atoms with Crippen LogP contribution in [0.2, 0.25) is 0 Å². The monoisotopic (exact) mass is 445 g/mol. The first kappa shape index (κ1) is 21.8. The van der Waals surface area contributed by atoms with Gasteiger partial charge in [-0.1, -0.05) is 42.5 Å². The summed E-state index contributed by atoms with van der Waals surface area (Å²) in [6, 6.07) is 22.3. The predicted octanol–water partition coefficient (Wildman–Crippen LogP) is 6.56. The Morgan fingerprint density at radius 2 is 1.42 bits per heavy atom. The third-order valence-electron chi connectivity index (χ3n) is 6.92. The van der Waals surface area contributed by atoms with Crippen molar-refractivity contribution >= 4 is 10.9 Å². The van der Waals surface area contributed by atoms with Gasteiger partial charge in [-0.3, -0.25) is 4.68 Å². The summed E-state index contributed by atoms with van der Waals surface area (Å²) in [5, 5.41) is 5.86. The van der Waals surface area contributed by atoms with Crippen LogP contribution in [-0.2, 0) is 0 Å². The van der Waals surface area contributed by atoms with Crippen molar-refractivity contribution in [2.45, 2.75) is 37.6 Å². The zero-order valence-electron chi connectivity index (χ0n) is 18.7. The van der Waals surface area contributed by atoms with E-state index in [-0.39, 0.29) is 17.6 Å². The van der Waals surface area contributed by atoms with Gasteiger partial charge in [-0.05, 0) is 73.7 Å². The average molecular weight is 446 g/mol. The van der Waals surface area contributed by atoms with E-state index in [1.807, 2.05) is 30.5 Å². The number of benzene rings is 3. The van der Waals surface area contributed by atoms with Gasteiger partial charge in [0, 0.05) is 24.4 Å². The second kappa shape index (κ2) is 9.84. The lowest BCUT2D eigenvalue weighted by atomic mass is 9.87. The molecule has 0 saturated carbocycles. The van der Waals surface area contributed by atoms with E-state index < -0.39 is 0 Å². The summed E-state index contributed by atoms with van der Waals surface area (Å²) in [5.74, 6) is -0.326. The lowest BCUT2D eigenvalue weighted by molar-refractivity contribution is 0.179. The van der Waals surface area contributed by atoms with Crippen LogP contribution in [0.3, 0.4) is 0 Å². The Morgan fingerprint density at radius 3 is 2.06 bits per heavy atom. The standard InChI is InChI=1S/C28H29F2N3/c29-24-11-7-21(8-12-24)27(22-9-13-25(30)14-10-22)5-3-17-32-18-15-26(16-19-32)33-28-6-2-1-4-23(28)20-31-33/h1-2,4,6-14,20,26-27H,3,5,15-19H2. The Kier molecular flexibility index (Phi) is 6.49. The number of hydrogen-bond acceptors (Lipinski definition) is 2. The molecule has 3 nitrogen and oxygen atoms in total. The first-order chi connectivity index (χ1) is 16.2. The molecule has 170 valence electrons. The van der Waals surface area contributed by atoms with Crippen molar-refractivity contribution in [1.29, 1.82) is 0 Å². The molecule has 1 saturated heterocycles. The molecular weight excluding hydrogens is 416 g/mol. The fraction of sp³-hybridized carbons (Fsp3) is 0.321.